The topological polar surface area (TPSA) is 29.5 Å². The predicted octanol–water partition coefficient (Wildman–Crippen LogP) is 5.51. The van der Waals surface area contributed by atoms with Crippen LogP contribution in [0.25, 0.3) is 0 Å². The number of allylic oxidation sites excluding steroid dienone is 1. The van der Waals surface area contributed by atoms with Crippen LogP contribution in [-0.4, -0.2) is 26.6 Å². The smallest absolute Gasteiger partial charge is 0.191 e. The van der Waals surface area contributed by atoms with Crippen LogP contribution in [0.3, 0.4) is 0 Å². The normalized spacial score (nSPS) is 14.3. The molecular formula is C20H34O2Si. The molecule has 2 nitrogen and oxygen atoms in total. The first kappa shape index (κ1) is 20.1. The molecule has 0 aliphatic rings. The van der Waals surface area contributed by atoms with Gasteiger partial charge >= 0.3 is 0 Å². The van der Waals surface area contributed by atoms with Gasteiger partial charge in [0.25, 0.3) is 0 Å². The highest BCUT2D eigenvalue weighted by molar-refractivity contribution is 6.74. The zero-order chi connectivity index (χ0) is 17.3. The van der Waals surface area contributed by atoms with Crippen LogP contribution in [0.4, 0.5) is 0 Å². The van der Waals surface area contributed by atoms with Gasteiger partial charge in [0.1, 0.15) is 0 Å². The molecule has 0 radical (unpaired) electrons. The molecule has 0 spiro atoms. The minimum absolute atomic E-state index is 0.129. The summed E-state index contributed by atoms with van der Waals surface area (Å²) in [5, 5.41) is 9.12. The maximum absolute atomic E-state index is 8.85. The molecule has 0 amide bonds. The molecule has 1 rings (SSSR count). The highest BCUT2D eigenvalue weighted by Crippen LogP contribution is 2.37. The fourth-order valence-corrected chi connectivity index (χ4v) is 3.43. The molecule has 1 N–H and O–H groups in total. The average Bonchev–Trinajstić information content (AvgIpc) is 2.49. The molecule has 0 saturated carbocycles. The minimum atomic E-state index is -1.66. The van der Waals surface area contributed by atoms with Crippen LogP contribution in [0, 0.1) is 0 Å². The lowest BCUT2D eigenvalue weighted by Crippen LogP contribution is -2.41. The molecule has 0 bridgehead atoms. The maximum atomic E-state index is 8.85. The lowest BCUT2D eigenvalue weighted by atomic mass is 9.91. The summed E-state index contributed by atoms with van der Waals surface area (Å²) >= 11 is 0. The number of hydrogen-bond donors (Lipinski definition) is 1. The van der Waals surface area contributed by atoms with Crippen molar-refractivity contribution in [3.05, 3.63) is 48.0 Å². The van der Waals surface area contributed by atoms with Crippen molar-refractivity contribution < 1.29 is 9.53 Å². The summed E-state index contributed by atoms with van der Waals surface area (Å²) in [5.74, 6) is 0.518. The molecule has 130 valence electrons. The Bertz CT molecular complexity index is 460. The Morgan fingerprint density at radius 2 is 1.74 bits per heavy atom. The molecule has 1 unspecified atom stereocenters. The summed E-state index contributed by atoms with van der Waals surface area (Å²) in [5.41, 5.74) is 1.39. The van der Waals surface area contributed by atoms with Crippen LogP contribution in [0.15, 0.2) is 42.5 Å². The van der Waals surface area contributed by atoms with E-state index in [-0.39, 0.29) is 11.6 Å². The van der Waals surface area contributed by atoms with Gasteiger partial charge in [-0.25, -0.2) is 0 Å². The summed E-state index contributed by atoms with van der Waals surface area (Å²) < 4.78 is 6.35. The highest BCUT2D eigenvalue weighted by atomic mass is 28.4. The summed E-state index contributed by atoms with van der Waals surface area (Å²) in [4.78, 5) is 0. The molecule has 0 heterocycles. The van der Waals surface area contributed by atoms with Gasteiger partial charge < -0.3 is 9.53 Å². The maximum Gasteiger partial charge on any atom is 0.191 e. The van der Waals surface area contributed by atoms with Gasteiger partial charge in [-0.15, -0.1) is 0 Å². The Kier molecular flexibility index (Phi) is 8.24. The number of hydrogen-bond acceptors (Lipinski definition) is 2. The largest absolute Gasteiger partial charge is 0.417 e. The molecule has 0 saturated heterocycles. The summed E-state index contributed by atoms with van der Waals surface area (Å²) in [6.45, 7) is 12.4. The van der Waals surface area contributed by atoms with E-state index in [1.165, 1.54) is 5.56 Å². The van der Waals surface area contributed by atoms with Crippen molar-refractivity contribution in [3.8, 4) is 0 Å². The van der Waals surface area contributed by atoms with E-state index in [1.54, 1.807) is 0 Å². The van der Waals surface area contributed by atoms with Gasteiger partial charge in [0.2, 0.25) is 0 Å². The third-order valence-electron chi connectivity index (χ3n) is 4.96. The lowest BCUT2D eigenvalue weighted by Gasteiger charge is -2.36. The minimum Gasteiger partial charge on any atom is -0.417 e. The number of aliphatic hydroxyl groups is 1. The molecule has 1 aromatic rings. The first-order chi connectivity index (χ1) is 10.8. The Labute approximate surface area is 143 Å². The van der Waals surface area contributed by atoms with Crippen molar-refractivity contribution in [2.45, 2.75) is 64.1 Å². The Morgan fingerprint density at radius 1 is 1.09 bits per heavy atom. The second-order valence-electron chi connectivity index (χ2n) is 7.74. The molecular weight excluding hydrogens is 300 g/mol. The van der Waals surface area contributed by atoms with Crippen LogP contribution < -0.4 is 0 Å². The predicted molar refractivity (Wildman–Crippen MR) is 102 cm³/mol. The number of benzene rings is 1. The van der Waals surface area contributed by atoms with Gasteiger partial charge in [0, 0.05) is 6.61 Å². The molecule has 1 atom stereocenters. The first-order valence-corrected chi connectivity index (χ1v) is 11.6. The third-order valence-corrected chi connectivity index (χ3v) is 9.50. The monoisotopic (exact) mass is 334 g/mol. The molecule has 23 heavy (non-hydrogen) atoms. The van der Waals surface area contributed by atoms with Gasteiger partial charge in [-0.1, -0.05) is 63.3 Å². The van der Waals surface area contributed by atoms with Crippen molar-refractivity contribution in [1.82, 2.24) is 0 Å². The zero-order valence-corrected chi connectivity index (χ0v) is 16.5. The second-order valence-corrected chi connectivity index (χ2v) is 12.5. The molecule has 3 heteroatoms. The van der Waals surface area contributed by atoms with Gasteiger partial charge in [-0.05, 0) is 48.9 Å². The number of aliphatic hydroxyl groups excluding tert-OH is 1. The summed E-state index contributed by atoms with van der Waals surface area (Å²) in [6.07, 6.45) is 7.06. The van der Waals surface area contributed by atoms with Gasteiger partial charge in [-0.3, -0.25) is 0 Å². The van der Waals surface area contributed by atoms with Crippen molar-refractivity contribution in [1.29, 1.82) is 0 Å². The van der Waals surface area contributed by atoms with E-state index < -0.39 is 8.32 Å². The summed E-state index contributed by atoms with van der Waals surface area (Å²) in [6, 6.07) is 10.7. The highest BCUT2D eigenvalue weighted by Gasteiger charge is 2.37. The van der Waals surface area contributed by atoms with Crippen molar-refractivity contribution in [2.24, 2.45) is 0 Å². The fraction of sp³-hybridized carbons (Fsp3) is 0.600. The summed E-state index contributed by atoms with van der Waals surface area (Å²) in [7, 11) is -1.66. The van der Waals surface area contributed by atoms with Crippen molar-refractivity contribution in [2.75, 3.05) is 13.2 Å². The van der Waals surface area contributed by atoms with Crippen LogP contribution in [0.2, 0.25) is 18.1 Å². The Hall–Kier alpha value is -0.903. The van der Waals surface area contributed by atoms with Gasteiger partial charge in [-0.2, -0.15) is 0 Å². The SMILES string of the molecule is CC(C)(C)[Si](C)(C)OCCC(CC/C=C/CO)c1ccccc1. The Morgan fingerprint density at radius 3 is 2.30 bits per heavy atom. The second kappa shape index (κ2) is 9.41. The van der Waals surface area contributed by atoms with Crippen LogP contribution in [0.1, 0.15) is 51.5 Å². The third kappa shape index (κ3) is 7.02. The van der Waals surface area contributed by atoms with Gasteiger partial charge in [0.05, 0.1) is 6.61 Å². The van der Waals surface area contributed by atoms with Crippen LogP contribution in [-0.2, 0) is 4.43 Å². The first-order valence-electron chi connectivity index (χ1n) is 8.72. The molecule has 0 fully saturated rings. The van der Waals surface area contributed by atoms with E-state index >= 15 is 0 Å². The quantitative estimate of drug-likeness (QED) is 0.476. The van der Waals surface area contributed by atoms with E-state index in [0.717, 1.165) is 25.9 Å². The Balaban J connectivity index is 2.62. The van der Waals surface area contributed by atoms with Crippen LogP contribution >= 0.6 is 0 Å². The standard InChI is InChI=1S/C20H34O2Si/c1-20(2,3)23(4,5)22-17-15-19(14-10-7-11-16-21)18-12-8-6-9-13-18/h6-9,11-13,19,21H,10,14-17H2,1-5H3/b11-7+. The molecule has 0 aliphatic carbocycles. The molecule has 0 aromatic heterocycles. The van der Waals surface area contributed by atoms with Gasteiger partial charge in [0.15, 0.2) is 8.32 Å². The molecule has 1 aromatic carbocycles. The van der Waals surface area contributed by atoms with Crippen molar-refractivity contribution >= 4 is 8.32 Å². The van der Waals surface area contributed by atoms with Crippen molar-refractivity contribution in [3.63, 3.8) is 0 Å². The van der Waals surface area contributed by atoms with E-state index in [4.69, 9.17) is 9.53 Å². The number of rotatable bonds is 9. The molecule has 0 aliphatic heterocycles. The van der Waals surface area contributed by atoms with E-state index in [2.05, 4.69) is 70.3 Å². The lowest BCUT2D eigenvalue weighted by molar-refractivity contribution is 0.269. The zero-order valence-electron chi connectivity index (χ0n) is 15.5. The fourth-order valence-electron chi connectivity index (χ4n) is 2.37. The van der Waals surface area contributed by atoms with E-state index in [0.29, 0.717) is 5.92 Å². The average molecular weight is 335 g/mol. The van der Waals surface area contributed by atoms with Crippen LogP contribution in [0.5, 0.6) is 0 Å². The van der Waals surface area contributed by atoms with E-state index in [1.807, 2.05) is 6.08 Å². The van der Waals surface area contributed by atoms with E-state index in [9.17, 15) is 0 Å².